The van der Waals surface area contributed by atoms with Crippen LogP contribution in [0.25, 0.3) is 0 Å². The van der Waals surface area contributed by atoms with E-state index in [1.165, 1.54) is 12.5 Å². The highest BCUT2D eigenvalue weighted by Gasteiger charge is 2.31. The minimum absolute atomic E-state index is 0.0158. The summed E-state index contributed by atoms with van der Waals surface area (Å²) in [7, 11) is 0. The largest absolute Gasteiger partial charge is 0.480 e. The van der Waals surface area contributed by atoms with Crippen LogP contribution < -0.4 is 44.6 Å². The van der Waals surface area contributed by atoms with Crippen molar-refractivity contribution in [3.05, 3.63) is 18.2 Å². The van der Waals surface area contributed by atoms with Crippen LogP contribution in [0.15, 0.2) is 17.5 Å². The Morgan fingerprint density at radius 2 is 1.55 bits per heavy atom. The number of hydrogen-bond donors (Lipinski definition) is 10. The molecule has 4 amide bonds. The quantitative estimate of drug-likeness (QED) is 0.0414. The van der Waals surface area contributed by atoms with Crippen LogP contribution >= 0.6 is 0 Å². The lowest BCUT2D eigenvalue weighted by molar-refractivity contribution is -0.142. The molecule has 17 nitrogen and oxygen atoms in total. The van der Waals surface area contributed by atoms with Gasteiger partial charge in [0.25, 0.3) is 0 Å². The number of aromatic nitrogens is 2. The molecule has 1 heterocycles. The molecule has 0 aromatic carbocycles. The molecule has 0 spiro atoms. The number of primary amides is 1. The highest BCUT2D eigenvalue weighted by Crippen LogP contribution is 2.06. The van der Waals surface area contributed by atoms with Crippen LogP contribution in [0, 0.1) is 0 Å². The van der Waals surface area contributed by atoms with Gasteiger partial charge in [0.05, 0.1) is 12.4 Å². The fourth-order valence-electron chi connectivity index (χ4n) is 3.60. The molecule has 4 unspecified atom stereocenters. The van der Waals surface area contributed by atoms with Crippen LogP contribution in [0.1, 0.15) is 50.6 Å². The van der Waals surface area contributed by atoms with Crippen molar-refractivity contribution in [1.82, 2.24) is 25.9 Å². The first-order chi connectivity index (χ1) is 18.9. The van der Waals surface area contributed by atoms with E-state index in [1.54, 1.807) is 0 Å². The van der Waals surface area contributed by atoms with Crippen LogP contribution in [-0.2, 0) is 30.4 Å². The molecule has 0 saturated heterocycles. The fourth-order valence-corrected chi connectivity index (χ4v) is 3.60. The molecule has 0 fully saturated rings. The standard InChI is InChI=1S/C23H41N11O6/c24-8-2-1-4-14(25)19(36)32-15(6-7-18(26)35)20(37)34-17(10-13-11-29-12-31-13)21(38)33-16(22(39)40)5-3-9-30-23(27)28/h11-12,14-17H,1-10,24-25H2,(H2,26,35)(H,29,31)(H,32,36)(H,33,38)(H,34,37)(H,39,40)(H4,27,28,30). The minimum Gasteiger partial charge on any atom is -0.480 e. The third-order valence-corrected chi connectivity index (χ3v) is 5.79. The van der Waals surface area contributed by atoms with E-state index in [2.05, 4.69) is 30.9 Å². The van der Waals surface area contributed by atoms with Crippen molar-refractivity contribution < 1.29 is 29.1 Å². The monoisotopic (exact) mass is 567 g/mol. The van der Waals surface area contributed by atoms with E-state index in [4.69, 9.17) is 28.7 Å². The fraction of sp³-hybridized carbons (Fsp3) is 0.609. The van der Waals surface area contributed by atoms with Crippen LogP contribution in [0.5, 0.6) is 0 Å². The third kappa shape index (κ3) is 13.5. The number of nitrogens with one attached hydrogen (secondary N) is 4. The first kappa shape index (κ1) is 33.8. The van der Waals surface area contributed by atoms with Gasteiger partial charge >= 0.3 is 5.97 Å². The summed E-state index contributed by atoms with van der Waals surface area (Å²) in [5.74, 6) is -4.34. The number of imidazole rings is 1. The summed E-state index contributed by atoms with van der Waals surface area (Å²) in [5, 5.41) is 17.0. The number of carbonyl (C=O) groups excluding carboxylic acids is 4. The molecule has 17 heteroatoms. The zero-order valence-corrected chi connectivity index (χ0v) is 22.3. The molecular weight excluding hydrogens is 526 g/mol. The second kappa shape index (κ2) is 18.1. The zero-order valence-electron chi connectivity index (χ0n) is 22.3. The lowest BCUT2D eigenvalue weighted by Gasteiger charge is -2.25. The molecule has 1 rings (SSSR count). The Morgan fingerprint density at radius 1 is 0.900 bits per heavy atom. The highest BCUT2D eigenvalue weighted by atomic mass is 16.4. The van der Waals surface area contributed by atoms with Gasteiger partial charge in [0, 0.05) is 31.3 Å². The summed E-state index contributed by atoms with van der Waals surface area (Å²) < 4.78 is 0. The average molecular weight is 568 g/mol. The second-order valence-electron chi connectivity index (χ2n) is 9.15. The van der Waals surface area contributed by atoms with Crippen LogP contribution in [0.2, 0.25) is 0 Å². The van der Waals surface area contributed by atoms with Crippen molar-refractivity contribution in [2.45, 2.75) is 75.5 Å². The first-order valence-corrected chi connectivity index (χ1v) is 12.8. The SMILES string of the molecule is NCCCCC(N)C(=O)NC(CCC(N)=O)C(=O)NC(Cc1cnc[nH]1)C(=O)NC(CCCN=C(N)N)C(=O)O. The molecule has 40 heavy (non-hydrogen) atoms. The molecule has 224 valence electrons. The summed E-state index contributed by atoms with van der Waals surface area (Å²) in [4.78, 5) is 72.6. The van der Waals surface area contributed by atoms with Crippen molar-refractivity contribution >= 4 is 35.6 Å². The van der Waals surface area contributed by atoms with E-state index in [0.29, 0.717) is 31.5 Å². The normalized spacial score (nSPS) is 13.8. The van der Waals surface area contributed by atoms with Crippen molar-refractivity contribution in [2.24, 2.45) is 33.7 Å². The van der Waals surface area contributed by atoms with Crippen molar-refractivity contribution in [2.75, 3.05) is 13.1 Å². The number of amides is 4. The van der Waals surface area contributed by atoms with E-state index in [0.717, 1.165) is 0 Å². The predicted octanol–water partition coefficient (Wildman–Crippen LogP) is -3.73. The van der Waals surface area contributed by atoms with Crippen LogP contribution in [0.3, 0.4) is 0 Å². The van der Waals surface area contributed by atoms with E-state index in [1.807, 2.05) is 0 Å². The van der Waals surface area contributed by atoms with E-state index in [9.17, 15) is 29.1 Å². The Balaban J connectivity index is 3.03. The number of guanidine groups is 1. The van der Waals surface area contributed by atoms with Crippen LogP contribution in [0.4, 0.5) is 0 Å². The van der Waals surface area contributed by atoms with E-state index >= 15 is 0 Å². The summed E-state index contributed by atoms with van der Waals surface area (Å²) in [6.07, 6.45) is 4.24. The van der Waals surface area contributed by atoms with Gasteiger partial charge in [-0.3, -0.25) is 24.2 Å². The number of carboxylic acids is 1. The molecular formula is C23H41N11O6. The molecule has 4 atom stereocenters. The number of rotatable bonds is 20. The summed E-state index contributed by atoms with van der Waals surface area (Å²) >= 11 is 0. The maximum Gasteiger partial charge on any atom is 0.326 e. The molecule has 0 saturated carbocycles. The molecule has 0 aliphatic rings. The number of aromatic amines is 1. The van der Waals surface area contributed by atoms with Gasteiger partial charge in [-0.1, -0.05) is 6.42 Å². The predicted molar refractivity (Wildman–Crippen MR) is 145 cm³/mol. The number of carbonyl (C=O) groups is 5. The number of aliphatic carboxylic acids is 1. The summed E-state index contributed by atoms with van der Waals surface area (Å²) in [5.41, 5.74) is 27.6. The second-order valence-corrected chi connectivity index (χ2v) is 9.15. The Morgan fingerprint density at radius 3 is 2.12 bits per heavy atom. The smallest absolute Gasteiger partial charge is 0.326 e. The van der Waals surface area contributed by atoms with Crippen LogP contribution in [-0.4, -0.2) is 87.9 Å². The lowest BCUT2D eigenvalue weighted by atomic mass is 10.0. The van der Waals surface area contributed by atoms with Gasteiger partial charge in [0.2, 0.25) is 23.6 Å². The number of nitrogens with zero attached hydrogens (tertiary/aromatic N) is 2. The lowest BCUT2D eigenvalue weighted by Crippen LogP contribution is -2.57. The average Bonchev–Trinajstić information content (AvgIpc) is 3.40. The topological polar surface area (TPSA) is 313 Å². The van der Waals surface area contributed by atoms with Gasteiger partial charge in [0.1, 0.15) is 18.1 Å². The number of hydrogen-bond acceptors (Lipinski definition) is 9. The molecule has 1 aromatic heterocycles. The number of carboxylic acid groups (broad SMARTS) is 1. The number of unbranched alkanes of at least 4 members (excludes halogenated alkanes) is 1. The maximum atomic E-state index is 13.2. The van der Waals surface area contributed by atoms with Gasteiger partial charge < -0.3 is 54.7 Å². The third-order valence-electron chi connectivity index (χ3n) is 5.79. The molecule has 0 bridgehead atoms. The Bertz CT molecular complexity index is 997. The number of nitrogens with two attached hydrogens (primary N) is 5. The zero-order chi connectivity index (χ0) is 30.1. The highest BCUT2D eigenvalue weighted by molar-refractivity contribution is 5.94. The van der Waals surface area contributed by atoms with Crippen molar-refractivity contribution in [1.29, 1.82) is 0 Å². The van der Waals surface area contributed by atoms with Gasteiger partial charge in [-0.05, 0) is 38.6 Å². The Hall–Kier alpha value is -4.25. The molecule has 15 N–H and O–H groups in total. The molecule has 0 radical (unpaired) electrons. The molecule has 0 aliphatic heterocycles. The molecule has 1 aromatic rings. The Kier molecular flexibility index (Phi) is 15.3. The summed E-state index contributed by atoms with van der Waals surface area (Å²) in [6, 6.07) is -4.72. The van der Waals surface area contributed by atoms with Crippen molar-refractivity contribution in [3.63, 3.8) is 0 Å². The minimum atomic E-state index is -1.29. The number of H-pyrrole nitrogens is 1. The first-order valence-electron chi connectivity index (χ1n) is 12.8. The van der Waals surface area contributed by atoms with Crippen molar-refractivity contribution in [3.8, 4) is 0 Å². The molecule has 0 aliphatic carbocycles. The Labute approximate surface area is 231 Å². The van der Waals surface area contributed by atoms with Gasteiger partial charge in [-0.2, -0.15) is 0 Å². The maximum absolute atomic E-state index is 13.2. The van der Waals surface area contributed by atoms with E-state index in [-0.39, 0.29) is 44.6 Å². The number of aliphatic imine (C=N–C) groups is 1. The van der Waals surface area contributed by atoms with Gasteiger partial charge in [-0.25, -0.2) is 9.78 Å². The van der Waals surface area contributed by atoms with Gasteiger partial charge in [-0.15, -0.1) is 0 Å². The van der Waals surface area contributed by atoms with E-state index < -0.39 is 53.8 Å². The van der Waals surface area contributed by atoms with Gasteiger partial charge in [0.15, 0.2) is 5.96 Å². The summed E-state index contributed by atoms with van der Waals surface area (Å²) in [6.45, 7) is 0.600.